The van der Waals surface area contributed by atoms with Crippen molar-refractivity contribution in [2.45, 2.75) is 26.4 Å². The fourth-order valence-corrected chi connectivity index (χ4v) is 2.16. The van der Waals surface area contributed by atoms with Crippen LogP contribution >= 0.6 is 0 Å². The highest BCUT2D eigenvalue weighted by Gasteiger charge is 2.30. The van der Waals surface area contributed by atoms with Crippen molar-refractivity contribution in [1.29, 1.82) is 0 Å². The van der Waals surface area contributed by atoms with Crippen LogP contribution in [0.4, 0.5) is 24.7 Å². The average molecular weight is 406 g/mol. The maximum Gasteiger partial charge on any atom is 0.416 e. The Balaban J connectivity index is 0.000000941. The summed E-state index contributed by atoms with van der Waals surface area (Å²) < 4.78 is 39.3. The fourth-order valence-electron chi connectivity index (χ4n) is 2.16. The molecule has 1 aromatic carbocycles. The van der Waals surface area contributed by atoms with E-state index in [-0.39, 0.29) is 5.84 Å². The number of nitrogens with one attached hydrogen (secondary N) is 1. The summed E-state index contributed by atoms with van der Waals surface area (Å²) in [6, 6.07) is 9.57. The van der Waals surface area contributed by atoms with Gasteiger partial charge < -0.3 is 16.3 Å². The number of pyridine rings is 1. The average Bonchev–Trinajstić information content (AvgIpc) is 3.16. The second-order valence-electron chi connectivity index (χ2n) is 5.94. The van der Waals surface area contributed by atoms with Crippen molar-refractivity contribution in [2.75, 3.05) is 5.32 Å². The number of hydrogen-bond acceptors (Lipinski definition) is 5. The lowest BCUT2D eigenvalue weighted by molar-refractivity contribution is -0.137. The van der Waals surface area contributed by atoms with Crippen LogP contribution in [0.5, 0.6) is 0 Å². The van der Waals surface area contributed by atoms with Gasteiger partial charge in [-0.3, -0.25) is 4.98 Å². The first-order valence-electron chi connectivity index (χ1n) is 8.72. The molecule has 0 amide bonds. The summed E-state index contributed by atoms with van der Waals surface area (Å²) in [5.41, 5.74) is 6.13. The number of anilines is 2. The molecule has 4 N–H and O–H groups in total. The number of nitrogens with zero attached hydrogens (tertiary/aromatic N) is 4. The largest absolute Gasteiger partial charge is 0.416 e. The molecular formula is C19H21F3N6O. The Morgan fingerprint density at radius 3 is 2.31 bits per heavy atom. The van der Waals surface area contributed by atoms with Gasteiger partial charge in [0.05, 0.1) is 23.1 Å². The summed E-state index contributed by atoms with van der Waals surface area (Å²) in [6.07, 6.45) is -0.0354. The van der Waals surface area contributed by atoms with Crippen LogP contribution in [0.1, 0.15) is 31.5 Å². The van der Waals surface area contributed by atoms with E-state index in [1.165, 1.54) is 29.4 Å². The van der Waals surface area contributed by atoms with Crippen molar-refractivity contribution in [2.24, 2.45) is 10.9 Å². The second-order valence-corrected chi connectivity index (χ2v) is 5.94. The van der Waals surface area contributed by atoms with E-state index in [0.717, 1.165) is 12.1 Å². The molecule has 154 valence electrons. The van der Waals surface area contributed by atoms with Gasteiger partial charge in [0.15, 0.2) is 11.7 Å². The zero-order chi connectivity index (χ0) is 21.4. The van der Waals surface area contributed by atoms with Gasteiger partial charge in [0.1, 0.15) is 5.69 Å². The SMILES string of the molecule is CCC.N/C(=N\O)c1ccc(Nc2ccn(-c3ccc(C(F)(F)F)cc3)n2)cn1. The quantitative estimate of drug-likeness (QED) is 0.256. The summed E-state index contributed by atoms with van der Waals surface area (Å²) in [5, 5.41) is 18.7. The smallest absolute Gasteiger partial charge is 0.409 e. The lowest BCUT2D eigenvalue weighted by Crippen LogP contribution is -2.14. The molecule has 0 atom stereocenters. The van der Waals surface area contributed by atoms with Crippen molar-refractivity contribution < 1.29 is 18.4 Å². The van der Waals surface area contributed by atoms with E-state index in [2.05, 4.69) is 34.4 Å². The van der Waals surface area contributed by atoms with Gasteiger partial charge in [-0.1, -0.05) is 25.4 Å². The van der Waals surface area contributed by atoms with E-state index >= 15 is 0 Å². The van der Waals surface area contributed by atoms with Crippen molar-refractivity contribution in [3.63, 3.8) is 0 Å². The molecule has 0 aliphatic heterocycles. The fraction of sp³-hybridized carbons (Fsp3) is 0.211. The number of nitrogens with two attached hydrogens (primary N) is 1. The Morgan fingerprint density at radius 1 is 1.14 bits per heavy atom. The van der Waals surface area contributed by atoms with E-state index in [9.17, 15) is 13.2 Å². The van der Waals surface area contributed by atoms with Gasteiger partial charge in [-0.15, -0.1) is 0 Å². The normalized spacial score (nSPS) is 11.6. The molecule has 3 aromatic rings. The number of hydrogen-bond donors (Lipinski definition) is 3. The van der Waals surface area contributed by atoms with Gasteiger partial charge in [-0.2, -0.15) is 18.3 Å². The van der Waals surface area contributed by atoms with E-state index in [4.69, 9.17) is 10.9 Å². The van der Waals surface area contributed by atoms with Gasteiger partial charge in [-0.25, -0.2) is 4.68 Å². The molecule has 0 bridgehead atoms. The molecule has 0 fully saturated rings. The lowest BCUT2D eigenvalue weighted by Gasteiger charge is -2.07. The Labute approximate surface area is 165 Å². The van der Waals surface area contributed by atoms with Gasteiger partial charge in [-0.05, 0) is 36.4 Å². The molecule has 2 aromatic heterocycles. The van der Waals surface area contributed by atoms with Gasteiger partial charge >= 0.3 is 6.18 Å². The highest BCUT2D eigenvalue weighted by molar-refractivity contribution is 5.95. The Hall–Kier alpha value is -3.56. The number of alkyl halides is 3. The van der Waals surface area contributed by atoms with E-state index < -0.39 is 11.7 Å². The third-order valence-corrected chi connectivity index (χ3v) is 3.45. The topological polar surface area (TPSA) is 101 Å². The standard InChI is InChI=1S/C16H13F3N6O.C3H8/c17-16(18,19)10-1-4-12(5-2-10)25-8-7-14(23-25)22-11-3-6-13(21-9-11)15(20)24-26;1-3-2/h1-9,26H,(H2,20,24)(H,22,23);3H2,1-2H3. The number of benzene rings is 1. The van der Waals surface area contributed by atoms with Crippen LogP contribution in [-0.4, -0.2) is 25.8 Å². The Morgan fingerprint density at radius 2 is 1.79 bits per heavy atom. The molecule has 0 spiro atoms. The minimum atomic E-state index is -4.38. The molecule has 3 rings (SSSR count). The Bertz CT molecular complexity index is 934. The van der Waals surface area contributed by atoms with Gasteiger partial charge in [0, 0.05) is 12.3 Å². The predicted octanol–water partition coefficient (Wildman–Crippen LogP) is 4.54. The van der Waals surface area contributed by atoms with Crippen molar-refractivity contribution >= 4 is 17.3 Å². The predicted molar refractivity (Wildman–Crippen MR) is 105 cm³/mol. The van der Waals surface area contributed by atoms with Crippen LogP contribution in [0.3, 0.4) is 0 Å². The van der Waals surface area contributed by atoms with Crippen molar-refractivity contribution in [3.05, 3.63) is 66.1 Å². The summed E-state index contributed by atoms with van der Waals surface area (Å²) in [5.74, 6) is 0.367. The minimum absolute atomic E-state index is 0.108. The molecule has 2 heterocycles. The molecule has 7 nitrogen and oxygen atoms in total. The maximum atomic E-state index is 12.6. The first-order chi connectivity index (χ1) is 13.8. The molecule has 0 saturated carbocycles. The third kappa shape index (κ3) is 5.96. The van der Waals surface area contributed by atoms with Crippen LogP contribution in [0.15, 0.2) is 60.0 Å². The highest BCUT2D eigenvalue weighted by Crippen LogP contribution is 2.29. The molecule has 0 aliphatic rings. The summed E-state index contributed by atoms with van der Waals surface area (Å²) in [4.78, 5) is 4.02. The van der Waals surface area contributed by atoms with Crippen molar-refractivity contribution in [1.82, 2.24) is 14.8 Å². The Kier molecular flexibility index (Phi) is 7.18. The number of oxime groups is 1. The molecular weight excluding hydrogens is 385 g/mol. The summed E-state index contributed by atoms with van der Waals surface area (Å²) in [6.45, 7) is 4.25. The van der Waals surface area contributed by atoms with Crippen LogP contribution in [0, 0.1) is 0 Å². The number of aromatic nitrogens is 3. The summed E-state index contributed by atoms with van der Waals surface area (Å²) >= 11 is 0. The maximum absolute atomic E-state index is 12.6. The first kappa shape index (κ1) is 21.7. The van der Waals surface area contributed by atoms with Crippen LogP contribution in [-0.2, 0) is 6.18 Å². The molecule has 10 heteroatoms. The van der Waals surface area contributed by atoms with E-state index in [1.54, 1.807) is 24.4 Å². The molecule has 0 radical (unpaired) electrons. The highest BCUT2D eigenvalue weighted by atomic mass is 19.4. The van der Waals surface area contributed by atoms with E-state index in [0.29, 0.717) is 22.9 Å². The molecule has 0 aliphatic carbocycles. The first-order valence-corrected chi connectivity index (χ1v) is 8.72. The lowest BCUT2D eigenvalue weighted by atomic mass is 10.2. The minimum Gasteiger partial charge on any atom is -0.409 e. The number of rotatable bonds is 4. The van der Waals surface area contributed by atoms with Gasteiger partial charge in [0.2, 0.25) is 0 Å². The second kappa shape index (κ2) is 9.58. The summed E-state index contributed by atoms with van der Waals surface area (Å²) in [7, 11) is 0. The van der Waals surface area contributed by atoms with Crippen LogP contribution in [0.2, 0.25) is 0 Å². The molecule has 0 saturated heterocycles. The molecule has 29 heavy (non-hydrogen) atoms. The van der Waals surface area contributed by atoms with E-state index in [1.807, 2.05) is 0 Å². The number of halogens is 3. The van der Waals surface area contributed by atoms with Crippen LogP contribution < -0.4 is 11.1 Å². The molecule has 0 unspecified atom stereocenters. The van der Waals surface area contributed by atoms with Gasteiger partial charge in [0.25, 0.3) is 0 Å². The number of amidine groups is 1. The monoisotopic (exact) mass is 406 g/mol. The zero-order valence-electron chi connectivity index (χ0n) is 15.9. The zero-order valence-corrected chi connectivity index (χ0v) is 15.9. The van der Waals surface area contributed by atoms with Crippen LogP contribution in [0.25, 0.3) is 5.69 Å². The van der Waals surface area contributed by atoms with Crippen molar-refractivity contribution in [3.8, 4) is 5.69 Å². The third-order valence-electron chi connectivity index (χ3n) is 3.45.